The molecule has 0 spiro atoms. The van der Waals surface area contributed by atoms with E-state index in [0.29, 0.717) is 0 Å². The third-order valence-corrected chi connectivity index (χ3v) is 21.1. The van der Waals surface area contributed by atoms with E-state index in [4.69, 9.17) is 0 Å². The second-order valence-electron chi connectivity index (χ2n) is 27.7. The highest BCUT2D eigenvalue weighted by Crippen LogP contribution is 2.46. The first-order chi connectivity index (χ1) is 53.5. The third-order valence-electron chi connectivity index (χ3n) is 21.1. The van der Waals surface area contributed by atoms with Crippen molar-refractivity contribution >= 4 is 154 Å². The highest BCUT2D eigenvalue weighted by Gasteiger charge is 2.21. The largest absolute Gasteiger partial charge is 0.310 e. The predicted octanol–water partition coefficient (Wildman–Crippen LogP) is 29.8. The van der Waals surface area contributed by atoms with Crippen LogP contribution in [0.2, 0.25) is 0 Å². The van der Waals surface area contributed by atoms with Gasteiger partial charge in [-0.15, -0.1) is 0 Å². The number of fused-ring (bicyclic) bond motifs is 8. The lowest BCUT2D eigenvalue weighted by atomic mass is 10.0. The normalized spacial score (nSPS) is 11.3. The minimum Gasteiger partial charge on any atom is -0.310 e. The van der Waals surface area contributed by atoms with E-state index in [1.54, 1.807) is 0 Å². The molecule has 0 aliphatic heterocycles. The average Bonchev–Trinajstić information content (AvgIpc) is 0.793. The van der Waals surface area contributed by atoms with Crippen molar-refractivity contribution in [2.45, 2.75) is 0 Å². The molecule has 508 valence electrons. The van der Waals surface area contributed by atoms with Crippen LogP contribution in [0.1, 0.15) is 0 Å². The standard InChI is InChI=1S/2C52H36N2/c1-5-13-43-33-49(29-21-37(43)9-1)53(50-30-22-38-10-2-6-14-44(38)34-50)47-25-17-41(18-26-47)42-19-27-48(28-20-42)54(51-31-23-39-11-3-7-15-45(39)35-51)52-32-24-40-12-4-8-16-46(40)36-52;1-3-15-43-35-47(33-27-37(43)11-1)53(51-21-9-17-41-13-5-7-19-49(41)51)45-29-23-39(24-30-45)40-25-31-46(32-26-40)54(48-34-28-38-12-2-4-16-44(38)36-48)52-22-10-18-42-14-6-8-20-50(42)52/h2*1-36H. The Morgan fingerprint density at radius 2 is 0.287 bits per heavy atom. The predicted molar refractivity (Wildman–Crippen MR) is 463 cm³/mol. The molecule has 4 nitrogen and oxygen atoms in total. The molecule has 0 N–H and O–H groups in total. The van der Waals surface area contributed by atoms with Gasteiger partial charge in [0, 0.05) is 67.6 Å². The van der Waals surface area contributed by atoms with Gasteiger partial charge in [0.2, 0.25) is 0 Å². The van der Waals surface area contributed by atoms with Gasteiger partial charge in [0.05, 0.1) is 11.4 Å². The summed E-state index contributed by atoms with van der Waals surface area (Å²) in [6.07, 6.45) is 0. The van der Waals surface area contributed by atoms with E-state index >= 15 is 0 Å². The smallest absolute Gasteiger partial charge is 0.0540 e. The van der Waals surface area contributed by atoms with Crippen molar-refractivity contribution in [1.29, 1.82) is 0 Å². The van der Waals surface area contributed by atoms with Gasteiger partial charge in [-0.1, -0.05) is 303 Å². The van der Waals surface area contributed by atoms with Crippen LogP contribution in [0.25, 0.3) is 108 Å². The molecule has 0 amide bonds. The summed E-state index contributed by atoms with van der Waals surface area (Å²) < 4.78 is 0. The van der Waals surface area contributed by atoms with Crippen LogP contribution >= 0.6 is 0 Å². The maximum Gasteiger partial charge on any atom is 0.0540 e. The van der Waals surface area contributed by atoms with Crippen LogP contribution in [0, 0.1) is 0 Å². The number of benzene rings is 20. The van der Waals surface area contributed by atoms with Crippen LogP contribution in [0.4, 0.5) is 68.2 Å². The van der Waals surface area contributed by atoms with Gasteiger partial charge < -0.3 is 19.6 Å². The van der Waals surface area contributed by atoms with Gasteiger partial charge in [0.25, 0.3) is 0 Å². The van der Waals surface area contributed by atoms with Crippen molar-refractivity contribution in [2.75, 3.05) is 19.6 Å². The fourth-order valence-corrected chi connectivity index (χ4v) is 15.7. The van der Waals surface area contributed by atoms with Crippen LogP contribution < -0.4 is 19.6 Å². The molecule has 0 heterocycles. The Balaban J connectivity index is 0.000000147. The summed E-state index contributed by atoms with van der Waals surface area (Å²) in [5.41, 5.74) is 18.2. The van der Waals surface area contributed by atoms with Gasteiger partial charge in [-0.2, -0.15) is 0 Å². The van der Waals surface area contributed by atoms with Crippen molar-refractivity contribution < 1.29 is 0 Å². The molecule has 0 saturated heterocycles. The second kappa shape index (κ2) is 28.4. The number of anilines is 12. The fraction of sp³-hybridized carbons (Fsp3) is 0. The van der Waals surface area contributed by atoms with Crippen molar-refractivity contribution in [3.63, 3.8) is 0 Å². The second-order valence-corrected chi connectivity index (χ2v) is 27.7. The van der Waals surface area contributed by atoms with Crippen LogP contribution in [0.15, 0.2) is 437 Å². The van der Waals surface area contributed by atoms with E-state index in [1.165, 1.54) is 108 Å². The SMILES string of the molecule is c1ccc2cc(N(c3ccc(-c4ccc(N(c5ccc6ccccc6c5)c5ccc6ccccc6c5)cc4)cc3)c3ccc4ccccc4c3)ccc2c1.c1ccc2cc(N(c3ccc(-c4ccc(N(c5ccc6ccccc6c5)c5cccc6ccccc56)cc4)cc3)c3cccc4ccccc34)ccc2c1. The fourth-order valence-electron chi connectivity index (χ4n) is 15.7. The van der Waals surface area contributed by atoms with Gasteiger partial charge in [0.15, 0.2) is 0 Å². The first kappa shape index (κ1) is 64.5. The van der Waals surface area contributed by atoms with Crippen molar-refractivity contribution in [1.82, 2.24) is 0 Å². The number of hydrogen-bond donors (Lipinski definition) is 0. The Morgan fingerprint density at radius 3 is 0.528 bits per heavy atom. The minimum atomic E-state index is 1.11. The zero-order valence-corrected chi connectivity index (χ0v) is 59.4. The molecule has 108 heavy (non-hydrogen) atoms. The monoisotopic (exact) mass is 1380 g/mol. The number of nitrogens with zero attached hydrogens (tertiary/aromatic N) is 4. The molecule has 0 fully saturated rings. The van der Waals surface area contributed by atoms with Gasteiger partial charge in [0.1, 0.15) is 0 Å². The molecule has 0 aliphatic carbocycles. The van der Waals surface area contributed by atoms with Gasteiger partial charge in [-0.25, -0.2) is 0 Å². The third kappa shape index (κ3) is 12.7. The zero-order chi connectivity index (χ0) is 71.7. The number of rotatable bonds is 14. The van der Waals surface area contributed by atoms with E-state index in [0.717, 1.165) is 68.2 Å². The summed E-state index contributed by atoms with van der Waals surface area (Å²) in [5, 5.41) is 19.6. The van der Waals surface area contributed by atoms with E-state index in [2.05, 4.69) is 456 Å². The summed E-state index contributed by atoms with van der Waals surface area (Å²) in [6, 6.07) is 158. The van der Waals surface area contributed by atoms with Crippen molar-refractivity contribution in [3.05, 3.63) is 437 Å². The molecule has 20 aromatic rings. The molecule has 20 aromatic carbocycles. The van der Waals surface area contributed by atoms with Gasteiger partial charge >= 0.3 is 0 Å². The Hall–Kier alpha value is -14.3. The summed E-state index contributed by atoms with van der Waals surface area (Å²) in [4.78, 5) is 9.48. The molecule has 20 rings (SSSR count). The van der Waals surface area contributed by atoms with Crippen LogP contribution in [-0.4, -0.2) is 0 Å². The average molecular weight is 1380 g/mol. The van der Waals surface area contributed by atoms with E-state index in [-0.39, 0.29) is 0 Å². The maximum atomic E-state index is 2.38. The molecule has 0 unspecified atom stereocenters. The summed E-state index contributed by atoms with van der Waals surface area (Å²) in [6.45, 7) is 0. The van der Waals surface area contributed by atoms with E-state index in [1.807, 2.05) is 0 Å². The van der Waals surface area contributed by atoms with Gasteiger partial charge in [-0.05, 0) is 231 Å². The Bertz CT molecular complexity index is 6130. The van der Waals surface area contributed by atoms with Crippen LogP contribution in [0.5, 0.6) is 0 Å². The van der Waals surface area contributed by atoms with Gasteiger partial charge in [-0.3, -0.25) is 0 Å². The van der Waals surface area contributed by atoms with E-state index < -0.39 is 0 Å². The molecule has 0 aromatic heterocycles. The van der Waals surface area contributed by atoms with Crippen LogP contribution in [0.3, 0.4) is 0 Å². The molecule has 0 saturated carbocycles. The molecule has 0 atom stereocenters. The lowest BCUT2D eigenvalue weighted by Gasteiger charge is -2.28. The lowest BCUT2D eigenvalue weighted by Crippen LogP contribution is -2.10. The highest BCUT2D eigenvalue weighted by molar-refractivity contribution is 6.03. The summed E-state index contributed by atoms with van der Waals surface area (Å²) in [7, 11) is 0. The topological polar surface area (TPSA) is 13.0 Å². The molecular weight excluding hydrogens is 1310 g/mol. The first-order valence-electron chi connectivity index (χ1n) is 37.0. The Kier molecular flexibility index (Phi) is 17.0. The Labute approximate surface area is 629 Å². The van der Waals surface area contributed by atoms with Crippen molar-refractivity contribution in [2.24, 2.45) is 0 Å². The van der Waals surface area contributed by atoms with E-state index in [9.17, 15) is 0 Å². The summed E-state index contributed by atoms with van der Waals surface area (Å²) >= 11 is 0. The Morgan fingerprint density at radius 1 is 0.111 bits per heavy atom. The summed E-state index contributed by atoms with van der Waals surface area (Å²) in [5.74, 6) is 0. The quantitative estimate of drug-likeness (QED) is 0.108. The molecular formula is C104H72N4. The molecule has 4 heteroatoms. The lowest BCUT2D eigenvalue weighted by molar-refractivity contribution is 1.29. The van der Waals surface area contributed by atoms with Crippen LogP contribution in [-0.2, 0) is 0 Å². The highest BCUT2D eigenvalue weighted by atomic mass is 15.2. The number of hydrogen-bond acceptors (Lipinski definition) is 4. The molecule has 0 bridgehead atoms. The minimum absolute atomic E-state index is 1.11. The first-order valence-corrected chi connectivity index (χ1v) is 37.0. The zero-order valence-electron chi connectivity index (χ0n) is 59.4. The molecule has 0 aliphatic rings. The van der Waals surface area contributed by atoms with Crippen molar-refractivity contribution in [3.8, 4) is 22.3 Å². The maximum absolute atomic E-state index is 2.38. The molecule has 0 radical (unpaired) electrons.